The van der Waals surface area contributed by atoms with Gasteiger partial charge >= 0.3 is 0 Å². The van der Waals surface area contributed by atoms with Crippen molar-refractivity contribution in [1.29, 1.82) is 0 Å². The van der Waals surface area contributed by atoms with Crippen LogP contribution in [-0.4, -0.2) is 17.0 Å². The molecule has 1 aliphatic heterocycles. The Balaban J connectivity index is 1.17. The highest BCUT2D eigenvalue weighted by molar-refractivity contribution is 6.30. The number of H-pyrrole nitrogens is 2. The summed E-state index contributed by atoms with van der Waals surface area (Å²) in [5.41, 5.74) is 10.2. The standard InChI is InChI=1S/C31H24ClN5/c1-37-30-13-7-19(14-21(30)16-31(37)26-17-33-27-5-3-2-4-24(26)27)20-6-12-25-28(15-20)34-18-29(25)36-35-23-10-8-22(32)9-11-23/h2-15,17-18,31,33-34H,16H2,1H3/b36-35+/t31-/m1/s1. The molecule has 0 spiro atoms. The summed E-state index contributed by atoms with van der Waals surface area (Å²) in [6.07, 6.45) is 5.05. The lowest BCUT2D eigenvalue weighted by molar-refractivity contribution is 0.722. The van der Waals surface area contributed by atoms with Crippen LogP contribution < -0.4 is 4.90 Å². The second-order valence-corrected chi connectivity index (χ2v) is 10.0. The predicted molar refractivity (Wildman–Crippen MR) is 153 cm³/mol. The number of rotatable bonds is 4. The average Bonchev–Trinajstić information content (AvgIpc) is 3.63. The number of benzene rings is 4. The first-order chi connectivity index (χ1) is 18.1. The molecule has 2 N–H and O–H groups in total. The van der Waals surface area contributed by atoms with Gasteiger partial charge in [0, 0.05) is 57.5 Å². The molecule has 0 amide bonds. The molecule has 7 rings (SSSR count). The van der Waals surface area contributed by atoms with Gasteiger partial charge in [-0.1, -0.05) is 41.9 Å². The van der Waals surface area contributed by atoms with Crippen LogP contribution >= 0.6 is 11.6 Å². The smallest absolute Gasteiger partial charge is 0.111 e. The number of aromatic amines is 2. The number of hydrogen-bond donors (Lipinski definition) is 2. The lowest BCUT2D eigenvalue weighted by Gasteiger charge is -2.22. The number of para-hydroxylation sites is 1. The van der Waals surface area contributed by atoms with E-state index in [1.165, 1.54) is 38.8 Å². The van der Waals surface area contributed by atoms with Crippen molar-refractivity contribution in [3.8, 4) is 11.1 Å². The molecule has 0 radical (unpaired) electrons. The van der Waals surface area contributed by atoms with Crippen molar-refractivity contribution in [3.63, 3.8) is 0 Å². The maximum absolute atomic E-state index is 5.96. The van der Waals surface area contributed by atoms with E-state index in [4.69, 9.17) is 11.6 Å². The molecule has 4 aromatic carbocycles. The average molecular weight is 502 g/mol. The zero-order valence-electron chi connectivity index (χ0n) is 20.2. The molecule has 0 aliphatic carbocycles. The van der Waals surface area contributed by atoms with Crippen LogP contribution in [0.5, 0.6) is 0 Å². The third kappa shape index (κ3) is 3.79. The van der Waals surface area contributed by atoms with E-state index in [2.05, 4.69) is 99.0 Å². The first-order valence-electron chi connectivity index (χ1n) is 12.3. The van der Waals surface area contributed by atoms with E-state index >= 15 is 0 Å². The number of azo groups is 1. The van der Waals surface area contributed by atoms with Gasteiger partial charge in [-0.3, -0.25) is 0 Å². The molecular weight excluding hydrogens is 478 g/mol. The number of fused-ring (bicyclic) bond motifs is 3. The summed E-state index contributed by atoms with van der Waals surface area (Å²) < 4.78 is 0. The zero-order valence-corrected chi connectivity index (χ0v) is 21.0. The van der Waals surface area contributed by atoms with Crippen molar-refractivity contribution in [2.75, 3.05) is 11.9 Å². The van der Waals surface area contributed by atoms with E-state index in [0.717, 1.165) is 28.7 Å². The third-order valence-electron chi connectivity index (χ3n) is 7.41. The predicted octanol–water partition coefficient (Wildman–Crippen LogP) is 9.12. The molecule has 180 valence electrons. The van der Waals surface area contributed by atoms with Crippen LogP contribution in [0.3, 0.4) is 0 Å². The Bertz CT molecular complexity index is 1790. The summed E-state index contributed by atoms with van der Waals surface area (Å²) in [5.74, 6) is 0. The minimum Gasteiger partial charge on any atom is -0.367 e. The van der Waals surface area contributed by atoms with Gasteiger partial charge in [0.15, 0.2) is 0 Å². The Labute approximate surface area is 219 Å². The van der Waals surface area contributed by atoms with Gasteiger partial charge in [0.1, 0.15) is 5.69 Å². The zero-order chi connectivity index (χ0) is 24.9. The first kappa shape index (κ1) is 21.9. The normalized spacial score (nSPS) is 15.3. The van der Waals surface area contributed by atoms with Crippen LogP contribution in [0, 0.1) is 0 Å². The fourth-order valence-corrected chi connectivity index (χ4v) is 5.59. The number of nitrogens with one attached hydrogen (secondary N) is 2. The topological polar surface area (TPSA) is 59.5 Å². The Hall–Kier alpha value is -4.35. The van der Waals surface area contributed by atoms with Gasteiger partial charge in [-0.05, 0) is 77.7 Å². The Kier molecular flexibility index (Phi) is 5.11. The van der Waals surface area contributed by atoms with Crippen molar-refractivity contribution in [2.45, 2.75) is 12.5 Å². The highest BCUT2D eigenvalue weighted by atomic mass is 35.5. The molecule has 1 atom stereocenters. The van der Waals surface area contributed by atoms with Crippen molar-refractivity contribution in [2.24, 2.45) is 10.2 Å². The van der Waals surface area contributed by atoms with E-state index in [1.807, 2.05) is 30.5 Å². The Morgan fingerprint density at radius 1 is 0.784 bits per heavy atom. The molecule has 3 heterocycles. The second-order valence-electron chi connectivity index (χ2n) is 9.57. The molecule has 0 bridgehead atoms. The summed E-state index contributed by atoms with van der Waals surface area (Å²) in [6.45, 7) is 0. The number of halogens is 1. The van der Waals surface area contributed by atoms with Gasteiger partial charge in [0.2, 0.25) is 0 Å². The van der Waals surface area contributed by atoms with Gasteiger partial charge in [0.05, 0.1) is 11.7 Å². The SMILES string of the molecule is CN1c2ccc(-c3ccc4c(/N=N/c5ccc(Cl)cc5)c[nH]c4c3)cc2C[C@@H]1c1c[nH]c2ccccc12. The summed E-state index contributed by atoms with van der Waals surface area (Å²) >= 11 is 5.96. The van der Waals surface area contributed by atoms with Crippen LogP contribution in [-0.2, 0) is 6.42 Å². The van der Waals surface area contributed by atoms with E-state index < -0.39 is 0 Å². The van der Waals surface area contributed by atoms with Crippen LogP contribution in [0.1, 0.15) is 17.2 Å². The quantitative estimate of drug-likeness (QED) is 0.232. The number of hydrogen-bond acceptors (Lipinski definition) is 3. The Morgan fingerprint density at radius 3 is 2.46 bits per heavy atom. The largest absolute Gasteiger partial charge is 0.367 e. The number of aromatic nitrogens is 2. The lowest BCUT2D eigenvalue weighted by atomic mass is 9.98. The van der Waals surface area contributed by atoms with Crippen LogP contribution in [0.25, 0.3) is 32.9 Å². The number of nitrogens with zero attached hydrogens (tertiary/aromatic N) is 3. The van der Waals surface area contributed by atoms with Crippen LogP contribution in [0.2, 0.25) is 5.02 Å². The van der Waals surface area contributed by atoms with Gasteiger partial charge in [-0.25, -0.2) is 0 Å². The molecule has 0 unspecified atom stereocenters. The molecule has 0 fully saturated rings. The van der Waals surface area contributed by atoms with Gasteiger partial charge in [-0.15, -0.1) is 5.11 Å². The molecule has 0 saturated heterocycles. The summed E-state index contributed by atoms with van der Waals surface area (Å²) in [4.78, 5) is 9.20. The maximum Gasteiger partial charge on any atom is 0.111 e. The second kappa shape index (κ2) is 8.64. The molecule has 6 heteroatoms. The third-order valence-corrected chi connectivity index (χ3v) is 7.67. The van der Waals surface area contributed by atoms with Crippen LogP contribution in [0.15, 0.2) is 108 Å². The molecule has 2 aromatic heterocycles. The van der Waals surface area contributed by atoms with Crippen molar-refractivity contribution in [3.05, 3.63) is 113 Å². The van der Waals surface area contributed by atoms with E-state index in [-0.39, 0.29) is 0 Å². The summed E-state index contributed by atoms with van der Waals surface area (Å²) in [5, 5.41) is 11.8. The molecule has 1 aliphatic rings. The number of likely N-dealkylation sites (N-methyl/N-ethyl adjacent to an activating group) is 1. The maximum atomic E-state index is 5.96. The van der Waals surface area contributed by atoms with E-state index in [9.17, 15) is 0 Å². The molecule has 0 saturated carbocycles. The van der Waals surface area contributed by atoms with Crippen molar-refractivity contribution in [1.82, 2.24) is 9.97 Å². The number of anilines is 1. The first-order valence-corrected chi connectivity index (χ1v) is 12.7. The molecule has 5 nitrogen and oxygen atoms in total. The van der Waals surface area contributed by atoms with Crippen molar-refractivity contribution < 1.29 is 0 Å². The van der Waals surface area contributed by atoms with E-state index in [1.54, 1.807) is 0 Å². The minimum absolute atomic E-state index is 0.320. The molecular formula is C31H24ClN5. The summed E-state index contributed by atoms with van der Waals surface area (Å²) in [7, 11) is 2.20. The molecule has 37 heavy (non-hydrogen) atoms. The fraction of sp³-hybridized carbons (Fsp3) is 0.0968. The van der Waals surface area contributed by atoms with Crippen molar-refractivity contribution >= 4 is 50.5 Å². The highest BCUT2D eigenvalue weighted by Gasteiger charge is 2.29. The van der Waals surface area contributed by atoms with Crippen LogP contribution in [0.4, 0.5) is 17.1 Å². The van der Waals surface area contributed by atoms with Gasteiger partial charge < -0.3 is 14.9 Å². The fourth-order valence-electron chi connectivity index (χ4n) is 5.47. The summed E-state index contributed by atoms with van der Waals surface area (Å²) in [6, 6.07) is 29.5. The lowest BCUT2D eigenvalue weighted by Crippen LogP contribution is -2.19. The monoisotopic (exact) mass is 501 g/mol. The van der Waals surface area contributed by atoms with Gasteiger partial charge in [0.25, 0.3) is 0 Å². The van der Waals surface area contributed by atoms with E-state index in [0.29, 0.717) is 11.1 Å². The molecule has 6 aromatic rings. The minimum atomic E-state index is 0.320. The highest BCUT2D eigenvalue weighted by Crippen LogP contribution is 2.43. The Morgan fingerprint density at radius 2 is 1.57 bits per heavy atom. The van der Waals surface area contributed by atoms with Gasteiger partial charge in [-0.2, -0.15) is 5.11 Å².